The number of amides is 2. The third-order valence-corrected chi connectivity index (χ3v) is 9.24. The van der Waals surface area contributed by atoms with Crippen molar-refractivity contribution < 1.29 is 18.7 Å². The molecule has 11 heteroatoms. The quantitative estimate of drug-likeness (QED) is 0.316. The zero-order valence-electron chi connectivity index (χ0n) is 25.2. The third-order valence-electron chi connectivity index (χ3n) is 9.24. The Hall–Kier alpha value is -4.27. The summed E-state index contributed by atoms with van der Waals surface area (Å²) >= 11 is 0. The number of hydrogen-bond donors (Lipinski definition) is 2. The first-order valence-electron chi connectivity index (χ1n) is 15.5. The van der Waals surface area contributed by atoms with Gasteiger partial charge in [0.15, 0.2) is 5.58 Å². The highest BCUT2D eigenvalue weighted by molar-refractivity contribution is 6.05. The number of carbonyl (C=O) groups is 2. The normalized spacial score (nSPS) is 20.6. The Morgan fingerprint density at radius 1 is 1.23 bits per heavy atom. The van der Waals surface area contributed by atoms with Crippen molar-refractivity contribution in [2.45, 2.75) is 68.9 Å². The molecular formula is C33H37N7O4. The number of hydrogen-bond acceptors (Lipinski definition) is 8. The summed E-state index contributed by atoms with van der Waals surface area (Å²) in [4.78, 5) is 34.0. The van der Waals surface area contributed by atoms with E-state index in [4.69, 9.17) is 14.3 Å². The molecule has 3 heterocycles. The number of methoxy groups -OCH3 is 1. The van der Waals surface area contributed by atoms with E-state index in [1.165, 1.54) is 11.6 Å². The molecule has 4 aliphatic rings. The number of oxazole rings is 1. The summed E-state index contributed by atoms with van der Waals surface area (Å²) in [6, 6.07) is 10.1. The highest BCUT2D eigenvalue weighted by Crippen LogP contribution is 2.48. The van der Waals surface area contributed by atoms with Crippen LogP contribution in [0.4, 0.5) is 0 Å². The van der Waals surface area contributed by atoms with Gasteiger partial charge in [-0.25, -0.2) is 4.98 Å². The van der Waals surface area contributed by atoms with Crippen molar-refractivity contribution >= 4 is 34.6 Å². The fourth-order valence-electron chi connectivity index (χ4n) is 5.64. The predicted molar refractivity (Wildman–Crippen MR) is 163 cm³/mol. The predicted octanol–water partition coefficient (Wildman–Crippen LogP) is 4.09. The molecular weight excluding hydrogens is 558 g/mol. The Kier molecular flexibility index (Phi) is 7.14. The van der Waals surface area contributed by atoms with E-state index in [2.05, 4.69) is 39.6 Å². The number of nitrogens with zero attached hydrogens (tertiary/aromatic N) is 5. The van der Waals surface area contributed by atoms with Crippen molar-refractivity contribution in [3.63, 3.8) is 0 Å². The van der Waals surface area contributed by atoms with Crippen molar-refractivity contribution in [1.82, 2.24) is 30.3 Å². The van der Waals surface area contributed by atoms with E-state index in [9.17, 15) is 14.9 Å². The summed E-state index contributed by atoms with van der Waals surface area (Å²) in [6.07, 6.45) is 9.77. The smallest absolute Gasteiger partial charge is 0.274 e. The van der Waals surface area contributed by atoms with Crippen LogP contribution in [-0.2, 0) is 14.9 Å². The van der Waals surface area contributed by atoms with Gasteiger partial charge in [-0.3, -0.25) is 19.2 Å². The van der Waals surface area contributed by atoms with E-state index < -0.39 is 17.4 Å². The lowest BCUT2D eigenvalue weighted by Crippen LogP contribution is -2.41. The van der Waals surface area contributed by atoms with Gasteiger partial charge in [0.25, 0.3) is 11.8 Å². The van der Waals surface area contributed by atoms with E-state index in [1.807, 2.05) is 24.3 Å². The molecule has 228 valence electrons. The summed E-state index contributed by atoms with van der Waals surface area (Å²) in [5.41, 5.74) is 3.96. The molecule has 0 spiro atoms. The second-order valence-corrected chi connectivity index (χ2v) is 12.8. The number of benzene rings is 1. The molecule has 3 aromatic rings. The van der Waals surface area contributed by atoms with Crippen molar-refractivity contribution in [3.8, 4) is 6.07 Å². The van der Waals surface area contributed by atoms with Crippen LogP contribution in [0.5, 0.6) is 0 Å². The minimum Gasteiger partial charge on any atom is -0.437 e. The summed E-state index contributed by atoms with van der Waals surface area (Å²) < 4.78 is 13.1. The lowest BCUT2D eigenvalue weighted by atomic mass is 9.99. The Morgan fingerprint density at radius 2 is 2.05 bits per heavy atom. The molecule has 0 radical (unpaired) electrons. The van der Waals surface area contributed by atoms with E-state index in [0.29, 0.717) is 36.2 Å². The second-order valence-electron chi connectivity index (χ2n) is 12.8. The number of nitrogens with one attached hydrogen (secondary N) is 2. The van der Waals surface area contributed by atoms with E-state index in [0.717, 1.165) is 63.0 Å². The number of fused-ring (bicyclic) bond motifs is 1. The van der Waals surface area contributed by atoms with Gasteiger partial charge < -0.3 is 19.8 Å². The Morgan fingerprint density at radius 3 is 2.70 bits per heavy atom. The van der Waals surface area contributed by atoms with Crippen molar-refractivity contribution in [1.29, 1.82) is 5.26 Å². The van der Waals surface area contributed by atoms with Crippen LogP contribution in [0.25, 0.3) is 22.7 Å². The van der Waals surface area contributed by atoms with Gasteiger partial charge in [-0.05, 0) is 74.3 Å². The molecule has 0 bridgehead atoms. The minimum absolute atomic E-state index is 0.00444. The molecule has 2 amide bonds. The molecule has 3 saturated carbocycles. The van der Waals surface area contributed by atoms with Crippen LogP contribution in [0.2, 0.25) is 0 Å². The summed E-state index contributed by atoms with van der Waals surface area (Å²) in [5, 5.41) is 20.0. The molecule has 2 N–H and O–H groups in total. The lowest BCUT2D eigenvalue weighted by Gasteiger charge is -2.26. The van der Waals surface area contributed by atoms with Gasteiger partial charge in [-0.1, -0.05) is 19.1 Å². The first-order chi connectivity index (χ1) is 21.3. The van der Waals surface area contributed by atoms with Crippen LogP contribution < -0.4 is 10.6 Å². The van der Waals surface area contributed by atoms with Gasteiger partial charge in [-0.2, -0.15) is 10.4 Å². The van der Waals surface area contributed by atoms with Crippen LogP contribution in [0.1, 0.15) is 85.5 Å². The summed E-state index contributed by atoms with van der Waals surface area (Å²) in [5.74, 6) is -0.794. The Labute approximate surface area is 255 Å². The zero-order valence-corrected chi connectivity index (χ0v) is 25.2. The Bertz CT molecular complexity index is 1730. The Balaban J connectivity index is 1.15. The lowest BCUT2D eigenvalue weighted by molar-refractivity contribution is -0.118. The molecule has 0 atom stereocenters. The second kappa shape index (κ2) is 11.0. The number of ether oxygens (including phenoxy) is 1. The van der Waals surface area contributed by atoms with Crippen molar-refractivity contribution in [2.24, 2.45) is 0 Å². The number of nitriles is 1. The number of carbonyl (C=O) groups excluding carboxylic acids is 2. The highest BCUT2D eigenvalue weighted by atomic mass is 16.5. The van der Waals surface area contributed by atoms with Gasteiger partial charge in [0.05, 0.1) is 24.4 Å². The van der Waals surface area contributed by atoms with Crippen LogP contribution >= 0.6 is 0 Å². The first kappa shape index (κ1) is 28.5. The summed E-state index contributed by atoms with van der Waals surface area (Å²) in [7, 11) is 1.72. The fourth-order valence-corrected chi connectivity index (χ4v) is 5.64. The van der Waals surface area contributed by atoms with Crippen molar-refractivity contribution in [2.75, 3.05) is 33.4 Å². The van der Waals surface area contributed by atoms with Crippen LogP contribution in [-0.4, -0.2) is 70.4 Å². The average molecular weight is 596 g/mol. The van der Waals surface area contributed by atoms with Gasteiger partial charge >= 0.3 is 0 Å². The van der Waals surface area contributed by atoms with E-state index in [-0.39, 0.29) is 23.0 Å². The maximum atomic E-state index is 13.7. The molecule has 3 fully saturated rings. The standard InChI is InChI=1S/C33H37N7O4/c1-32(9-10-32)28-19-26(40(38-28)23-4-5-23)31(42)36-25(30(41)37-33(20-34)11-12-33)18-29-35-24-6-3-22(17-27(24)44-29)21-7-13-39(14-8-21)15-16-43-2/h3,6-7,17-19,23H,4-5,8-16H2,1-2H3,(H,36,42)(H,37,41). The molecule has 7 rings (SSSR count). The van der Waals surface area contributed by atoms with Gasteiger partial charge in [0.2, 0.25) is 5.89 Å². The summed E-state index contributed by atoms with van der Waals surface area (Å²) in [6.45, 7) is 5.60. The van der Waals surface area contributed by atoms with Gasteiger partial charge in [0, 0.05) is 38.2 Å². The van der Waals surface area contributed by atoms with Crippen LogP contribution in [0, 0.1) is 11.3 Å². The average Bonchev–Trinajstić information content (AvgIpc) is 4.00. The molecule has 3 aliphatic carbocycles. The van der Waals surface area contributed by atoms with Gasteiger partial charge in [-0.15, -0.1) is 0 Å². The molecule has 11 nitrogen and oxygen atoms in total. The van der Waals surface area contributed by atoms with E-state index in [1.54, 1.807) is 11.8 Å². The van der Waals surface area contributed by atoms with Crippen molar-refractivity contribution in [3.05, 3.63) is 58.9 Å². The monoisotopic (exact) mass is 595 g/mol. The number of aromatic nitrogens is 3. The zero-order chi connectivity index (χ0) is 30.5. The number of rotatable bonds is 11. The molecule has 1 aliphatic heterocycles. The molecule has 0 unspecified atom stereocenters. The molecule has 2 aromatic heterocycles. The molecule has 0 saturated heterocycles. The SMILES string of the molecule is COCCN1CC=C(c2ccc3nc(C=C(NC(=O)c4cc(C5(C)CC5)nn4C4CC4)C(=O)NC4(C#N)CC4)oc3c2)CC1. The molecule has 44 heavy (non-hydrogen) atoms. The maximum absolute atomic E-state index is 13.7. The third kappa shape index (κ3) is 5.79. The highest BCUT2D eigenvalue weighted by Gasteiger charge is 2.46. The largest absolute Gasteiger partial charge is 0.437 e. The topological polar surface area (TPSA) is 138 Å². The maximum Gasteiger partial charge on any atom is 0.274 e. The van der Waals surface area contributed by atoms with Gasteiger partial charge in [0.1, 0.15) is 22.4 Å². The van der Waals surface area contributed by atoms with E-state index >= 15 is 0 Å². The van der Waals surface area contributed by atoms with Crippen LogP contribution in [0.3, 0.4) is 0 Å². The fraction of sp³-hybridized carbons (Fsp3) is 0.485. The minimum atomic E-state index is -0.909. The first-order valence-corrected chi connectivity index (χ1v) is 15.5. The molecule has 1 aromatic carbocycles. The van der Waals surface area contributed by atoms with Crippen LogP contribution in [0.15, 0.2) is 40.5 Å².